The normalized spacial score (nSPS) is 17.1. The molecular formula is C28H30ClF7N6O6. The zero-order valence-corrected chi connectivity index (χ0v) is 25.4. The van der Waals surface area contributed by atoms with E-state index >= 15 is 0 Å². The summed E-state index contributed by atoms with van der Waals surface area (Å²) in [5, 5.41) is 19.4. The van der Waals surface area contributed by atoms with Crippen molar-refractivity contribution in [2.75, 3.05) is 25.0 Å². The molecule has 1 saturated heterocycles. The van der Waals surface area contributed by atoms with Crippen LogP contribution in [-0.4, -0.2) is 76.8 Å². The summed E-state index contributed by atoms with van der Waals surface area (Å²) in [6.07, 6.45) is -7.04. The summed E-state index contributed by atoms with van der Waals surface area (Å²) >= 11 is 5.67. The molecule has 2 amide bonds. The van der Waals surface area contributed by atoms with Gasteiger partial charge in [0.1, 0.15) is 5.82 Å². The number of anilines is 1. The number of hydrogen-bond acceptors (Lipinski definition) is 6. The number of fused-ring (bicyclic) bond motifs is 1. The predicted molar refractivity (Wildman–Crippen MR) is 157 cm³/mol. The number of nitrogens with one attached hydrogen (secondary N) is 2. The van der Waals surface area contributed by atoms with Crippen molar-refractivity contribution in [1.29, 1.82) is 0 Å². The fourth-order valence-corrected chi connectivity index (χ4v) is 4.77. The van der Waals surface area contributed by atoms with Crippen molar-refractivity contribution in [1.82, 2.24) is 10.2 Å². The van der Waals surface area contributed by atoms with E-state index in [0.29, 0.717) is 13.0 Å². The minimum absolute atomic E-state index is 0.0294. The van der Waals surface area contributed by atoms with Crippen LogP contribution in [0.15, 0.2) is 41.4 Å². The largest absolute Gasteiger partial charge is 0.490 e. The van der Waals surface area contributed by atoms with Crippen LogP contribution in [0, 0.1) is 11.7 Å². The second kappa shape index (κ2) is 17.0. The molecule has 8 N–H and O–H groups in total. The molecule has 2 atom stereocenters. The third-order valence-electron chi connectivity index (χ3n) is 6.76. The molecule has 20 heteroatoms. The van der Waals surface area contributed by atoms with E-state index in [1.54, 1.807) is 0 Å². The minimum Gasteiger partial charge on any atom is -0.475 e. The summed E-state index contributed by atoms with van der Waals surface area (Å²) < 4.78 is 77.1. The lowest BCUT2D eigenvalue weighted by atomic mass is 10.0. The summed E-state index contributed by atoms with van der Waals surface area (Å²) in [5.41, 5.74) is 14.5. The molecule has 4 rings (SSSR count). The minimum atomic E-state index is -5.08. The average molecular weight is 715 g/mol. The Bertz CT molecular complexity index is 1490. The number of nitrogens with two attached hydrogens (primary N) is 2. The maximum atomic E-state index is 13.7. The molecule has 2 aromatic carbocycles. The Labute approximate surface area is 272 Å². The SMILES string of the molecule is NC(N)=NC[C@H]1Cc2cc(CN3CCCC3)ccc2[C@@H]1NC(=O)C(=O)Nc1ccc(Cl)c(F)c1.O=C(O)C(F)(F)F.O=C(O)C(F)(F)F. The third kappa shape index (κ3) is 12.5. The van der Waals surface area contributed by atoms with Crippen LogP contribution >= 0.6 is 11.6 Å². The quantitative estimate of drug-likeness (QED) is 0.112. The Balaban J connectivity index is 0.000000479. The van der Waals surface area contributed by atoms with Crippen LogP contribution in [0.3, 0.4) is 0 Å². The van der Waals surface area contributed by atoms with Crippen LogP contribution in [0.1, 0.15) is 35.6 Å². The first-order valence-electron chi connectivity index (χ1n) is 13.8. The Kier molecular flexibility index (Phi) is 14.0. The smallest absolute Gasteiger partial charge is 0.475 e. The monoisotopic (exact) mass is 714 g/mol. The van der Waals surface area contributed by atoms with Gasteiger partial charge in [0.25, 0.3) is 0 Å². The second-order valence-corrected chi connectivity index (χ2v) is 10.8. The molecule has 0 spiro atoms. The van der Waals surface area contributed by atoms with Crippen molar-refractivity contribution in [3.63, 3.8) is 0 Å². The second-order valence-electron chi connectivity index (χ2n) is 10.4. The van der Waals surface area contributed by atoms with Gasteiger partial charge in [-0.1, -0.05) is 29.8 Å². The van der Waals surface area contributed by atoms with Crippen LogP contribution in [-0.2, 0) is 32.1 Å². The number of carboxylic acids is 2. The van der Waals surface area contributed by atoms with Gasteiger partial charge in [-0.15, -0.1) is 0 Å². The molecule has 1 aliphatic carbocycles. The lowest BCUT2D eigenvalue weighted by molar-refractivity contribution is -0.193. The zero-order valence-electron chi connectivity index (χ0n) is 24.7. The molecule has 48 heavy (non-hydrogen) atoms. The molecule has 264 valence electrons. The van der Waals surface area contributed by atoms with Gasteiger partial charge in [-0.05, 0) is 67.2 Å². The van der Waals surface area contributed by atoms with E-state index in [4.69, 9.17) is 42.9 Å². The van der Waals surface area contributed by atoms with E-state index in [1.165, 1.54) is 30.5 Å². The average Bonchev–Trinajstić information content (AvgIpc) is 3.61. The maximum absolute atomic E-state index is 13.7. The number of guanidine groups is 1. The van der Waals surface area contributed by atoms with Crippen LogP contribution < -0.4 is 22.1 Å². The first kappa shape index (κ1) is 39.5. The standard InChI is InChI=1S/C24H28ClFN6O2.2C2HF3O2/c25-19-6-4-17(11-20(19)26)30-22(33)23(34)31-21-16(12-29-24(27)28)10-15-9-14(3-5-18(15)21)13-32-7-1-2-8-32;2*3-2(4,5)1(6)7/h3-6,9,11,16,21H,1-2,7-8,10,12-13H2,(H,30,33)(H,31,34)(H4,27,28,29);2*(H,6,7)/t16-,21-;;/m1../s1. The number of aliphatic carboxylic acids is 2. The number of carboxylic acid groups (broad SMARTS) is 2. The number of rotatable bonds is 6. The number of carbonyl (C=O) groups is 4. The lowest BCUT2D eigenvalue weighted by Crippen LogP contribution is -2.40. The molecule has 0 unspecified atom stereocenters. The van der Waals surface area contributed by atoms with Crippen molar-refractivity contribution in [3.05, 3.63) is 63.9 Å². The molecule has 0 saturated carbocycles. The zero-order chi connectivity index (χ0) is 36.4. The van der Waals surface area contributed by atoms with Gasteiger partial charge in [0.15, 0.2) is 5.96 Å². The number of alkyl halides is 6. The highest BCUT2D eigenvalue weighted by Crippen LogP contribution is 2.37. The highest BCUT2D eigenvalue weighted by molar-refractivity contribution is 6.39. The fourth-order valence-electron chi connectivity index (χ4n) is 4.65. The first-order chi connectivity index (χ1) is 22.2. The van der Waals surface area contributed by atoms with Gasteiger partial charge in [0.05, 0.1) is 11.1 Å². The molecule has 0 radical (unpaired) electrons. The summed E-state index contributed by atoms with van der Waals surface area (Å²) in [6, 6.07) is 9.59. The van der Waals surface area contributed by atoms with E-state index in [0.717, 1.165) is 36.8 Å². The van der Waals surface area contributed by atoms with Crippen molar-refractivity contribution < 1.29 is 60.1 Å². The van der Waals surface area contributed by atoms with E-state index in [2.05, 4.69) is 32.7 Å². The van der Waals surface area contributed by atoms with E-state index in [-0.39, 0.29) is 22.6 Å². The number of likely N-dealkylation sites (tertiary alicyclic amines) is 1. The predicted octanol–water partition coefficient (Wildman–Crippen LogP) is 3.58. The number of halogens is 8. The maximum Gasteiger partial charge on any atom is 0.490 e. The summed E-state index contributed by atoms with van der Waals surface area (Å²) in [5.74, 6) is -8.07. The van der Waals surface area contributed by atoms with Gasteiger partial charge in [-0.25, -0.2) is 14.0 Å². The van der Waals surface area contributed by atoms with Crippen LogP contribution in [0.25, 0.3) is 0 Å². The molecule has 2 aromatic rings. The van der Waals surface area contributed by atoms with Crippen molar-refractivity contribution >= 4 is 47.0 Å². The van der Waals surface area contributed by atoms with Gasteiger partial charge < -0.3 is 32.3 Å². The Morgan fingerprint density at radius 3 is 1.98 bits per heavy atom. The number of hydrogen-bond donors (Lipinski definition) is 6. The van der Waals surface area contributed by atoms with Crippen LogP contribution in [0.5, 0.6) is 0 Å². The number of amides is 2. The number of aliphatic imine (C=N–C) groups is 1. The lowest BCUT2D eigenvalue weighted by Gasteiger charge is -2.21. The summed E-state index contributed by atoms with van der Waals surface area (Å²) in [7, 11) is 0. The number of benzene rings is 2. The van der Waals surface area contributed by atoms with Crippen molar-refractivity contribution in [3.8, 4) is 0 Å². The van der Waals surface area contributed by atoms with Crippen molar-refractivity contribution in [2.24, 2.45) is 22.4 Å². The fraction of sp³-hybridized carbons (Fsp3) is 0.393. The van der Waals surface area contributed by atoms with Gasteiger partial charge in [-0.3, -0.25) is 19.5 Å². The third-order valence-corrected chi connectivity index (χ3v) is 7.07. The van der Waals surface area contributed by atoms with Gasteiger partial charge in [-0.2, -0.15) is 26.3 Å². The number of nitrogens with zero attached hydrogens (tertiary/aromatic N) is 2. The Morgan fingerprint density at radius 2 is 1.48 bits per heavy atom. The van der Waals surface area contributed by atoms with Crippen molar-refractivity contribution in [2.45, 2.75) is 44.2 Å². The Morgan fingerprint density at radius 1 is 0.917 bits per heavy atom. The molecule has 1 heterocycles. The summed E-state index contributed by atoms with van der Waals surface area (Å²) in [6.45, 7) is 3.42. The van der Waals surface area contributed by atoms with Gasteiger partial charge in [0.2, 0.25) is 0 Å². The molecule has 1 aliphatic heterocycles. The Hall–Kier alpha value is -4.65. The molecule has 0 bridgehead atoms. The number of carbonyl (C=O) groups excluding carboxylic acids is 2. The molecule has 0 aromatic heterocycles. The molecule has 2 aliphatic rings. The van der Waals surface area contributed by atoms with Crippen LogP contribution in [0.4, 0.5) is 36.4 Å². The highest BCUT2D eigenvalue weighted by atomic mass is 35.5. The van der Waals surface area contributed by atoms with Gasteiger partial charge >= 0.3 is 36.1 Å². The molecular weight excluding hydrogens is 685 g/mol. The summed E-state index contributed by atoms with van der Waals surface area (Å²) in [4.78, 5) is 49.5. The molecule has 12 nitrogen and oxygen atoms in total. The van der Waals surface area contributed by atoms with E-state index in [1.807, 2.05) is 6.07 Å². The van der Waals surface area contributed by atoms with E-state index in [9.17, 15) is 40.3 Å². The van der Waals surface area contributed by atoms with Gasteiger partial charge in [0, 0.05) is 24.7 Å². The van der Waals surface area contributed by atoms with E-state index < -0.39 is 48.0 Å². The molecule has 1 fully saturated rings. The van der Waals surface area contributed by atoms with Crippen LogP contribution in [0.2, 0.25) is 5.02 Å². The highest BCUT2D eigenvalue weighted by Gasteiger charge is 2.39. The topological polar surface area (TPSA) is 200 Å². The first-order valence-corrected chi connectivity index (χ1v) is 14.1.